The summed E-state index contributed by atoms with van der Waals surface area (Å²) in [5.74, 6) is -17.3. The van der Waals surface area contributed by atoms with Crippen molar-refractivity contribution in [2.24, 2.45) is 29.2 Å². The van der Waals surface area contributed by atoms with E-state index in [2.05, 4.69) is 93.7 Å². The average molecular weight is 1450 g/mol. The van der Waals surface area contributed by atoms with Gasteiger partial charge in [-0.3, -0.25) is 62.3 Å². The van der Waals surface area contributed by atoms with Gasteiger partial charge in [0, 0.05) is 49.1 Å². The molecule has 0 spiro atoms. The van der Waals surface area contributed by atoms with Crippen molar-refractivity contribution in [3.05, 3.63) is 114 Å². The van der Waals surface area contributed by atoms with E-state index < -0.39 is 186 Å². The lowest BCUT2D eigenvalue weighted by Crippen LogP contribution is -2.62. The number of nitrogens with two attached hydrogens (primary N) is 2. The molecule has 4 aromatic rings. The number of rotatable bonds is 41. The standard InChI is InChI=1S/C66H91N15O18S2/c1-32(2)21-43(63(95)81-54(34(5)6)65(97)79-50(30-101)66(98)99)73-58(90)45(23-37-13-17-40(82)18-14-37)75-62(94)49(27-52(85)86)77-59(91)46(24-38-15-19-41(83)20-16-38)74-61(93)48(26-51(68)84)76-60(92)47(25-39-28-69-31-70-39)72-55(87)35(7)71-57(89)44(22-36-11-9-8-10-12-36)78-64(96)53(33(3)4)80-56(88)42(67)29-100/h8-20,28,31-35,42-50,53-54,82-83,100-101H,21-27,29-30,67H2,1-7H3,(H2,68,84)(H,69,70)(H,71,89)(H,72,87)(H,73,90)(H,74,93)(H,75,94)(H,76,92)(H,77,91)(H,78,96)(H,79,97)(H,80,88)(H,81,95)(H,85,86)(H,98,99)/t35-,42-,43-,44-,45-,46-,47-,48-,49-,50-,53-,54-/m0/s1. The van der Waals surface area contributed by atoms with Crippen LogP contribution in [0.2, 0.25) is 0 Å². The van der Waals surface area contributed by atoms with Gasteiger partial charge in [0.25, 0.3) is 0 Å². The molecule has 0 fully saturated rings. The number of amides is 12. The molecule has 4 rings (SSSR count). The van der Waals surface area contributed by atoms with Gasteiger partial charge < -0.3 is 95.4 Å². The number of aliphatic carboxylic acids is 2. The van der Waals surface area contributed by atoms with Gasteiger partial charge >= 0.3 is 11.9 Å². The van der Waals surface area contributed by atoms with Crippen molar-refractivity contribution in [3.63, 3.8) is 0 Å². The second-order valence-corrected chi connectivity index (χ2v) is 25.8. The zero-order valence-electron chi connectivity index (χ0n) is 56.7. The first-order valence-electron chi connectivity index (χ1n) is 32.2. The summed E-state index contributed by atoms with van der Waals surface area (Å²) in [6.45, 7) is 11.2. The molecule has 101 heavy (non-hydrogen) atoms. The van der Waals surface area contributed by atoms with E-state index in [1.807, 2.05) is 0 Å². The summed E-state index contributed by atoms with van der Waals surface area (Å²) in [5, 5.41) is 67.2. The Bertz CT molecular complexity index is 3510. The fourth-order valence-electron chi connectivity index (χ4n) is 9.95. The molecular formula is C66H91N15O18S2. The zero-order chi connectivity index (χ0) is 75.4. The van der Waals surface area contributed by atoms with Crippen molar-refractivity contribution in [2.75, 3.05) is 11.5 Å². The number of nitrogens with zero attached hydrogens (tertiary/aromatic N) is 1. The molecular weight excluding hydrogens is 1350 g/mol. The van der Waals surface area contributed by atoms with Crippen LogP contribution in [0.3, 0.4) is 0 Å². The lowest BCUT2D eigenvalue weighted by Gasteiger charge is -2.29. The molecule has 0 aliphatic rings. The number of aromatic hydroxyl groups is 2. The number of carboxylic acid groups (broad SMARTS) is 2. The number of phenols is 2. The molecule has 0 unspecified atom stereocenters. The Morgan fingerprint density at radius 1 is 0.436 bits per heavy atom. The van der Waals surface area contributed by atoms with Gasteiger partial charge in [-0.15, -0.1) is 0 Å². The van der Waals surface area contributed by atoms with Gasteiger partial charge in [0.15, 0.2) is 0 Å². The van der Waals surface area contributed by atoms with E-state index in [-0.39, 0.29) is 65.9 Å². The summed E-state index contributed by atoms with van der Waals surface area (Å²) in [5.41, 5.74) is 12.9. The van der Waals surface area contributed by atoms with Crippen molar-refractivity contribution in [1.29, 1.82) is 0 Å². The maximum Gasteiger partial charge on any atom is 0.327 e. The lowest BCUT2D eigenvalue weighted by molar-refractivity contribution is -0.142. The van der Waals surface area contributed by atoms with Crippen molar-refractivity contribution < 1.29 is 87.5 Å². The maximum atomic E-state index is 14.7. The molecule has 0 saturated carbocycles. The first-order valence-corrected chi connectivity index (χ1v) is 33.5. The Morgan fingerprint density at radius 2 is 0.812 bits per heavy atom. The molecule has 0 bridgehead atoms. The molecule has 1 heterocycles. The first-order chi connectivity index (χ1) is 47.6. The number of H-pyrrole nitrogens is 1. The Hall–Kier alpha value is -10.3. The molecule has 12 atom stereocenters. The molecule has 3 aromatic carbocycles. The molecule has 550 valence electrons. The average Bonchev–Trinajstić information content (AvgIpc) is 1.28. The van der Waals surface area contributed by atoms with Crippen LogP contribution in [0.15, 0.2) is 91.4 Å². The predicted molar refractivity (Wildman–Crippen MR) is 371 cm³/mol. The number of aromatic nitrogens is 2. The number of carbonyl (C=O) groups excluding carboxylic acids is 12. The van der Waals surface area contributed by atoms with Crippen LogP contribution in [0.25, 0.3) is 0 Å². The van der Waals surface area contributed by atoms with E-state index in [0.29, 0.717) is 11.1 Å². The van der Waals surface area contributed by atoms with Crippen molar-refractivity contribution in [3.8, 4) is 11.5 Å². The van der Waals surface area contributed by atoms with Crippen LogP contribution in [0.4, 0.5) is 0 Å². The summed E-state index contributed by atoms with van der Waals surface area (Å²) in [6.07, 6.45) is -0.948. The maximum absolute atomic E-state index is 14.7. The van der Waals surface area contributed by atoms with E-state index >= 15 is 0 Å². The van der Waals surface area contributed by atoms with Gasteiger partial charge in [0.1, 0.15) is 78.0 Å². The molecule has 20 N–H and O–H groups in total. The van der Waals surface area contributed by atoms with Crippen LogP contribution < -0.4 is 70.0 Å². The summed E-state index contributed by atoms with van der Waals surface area (Å²) >= 11 is 8.04. The number of benzene rings is 3. The third kappa shape index (κ3) is 28.1. The largest absolute Gasteiger partial charge is 0.508 e. The number of carboxylic acids is 2. The monoisotopic (exact) mass is 1450 g/mol. The quantitative estimate of drug-likeness (QED) is 0.0203. The normalized spacial score (nSPS) is 14.7. The van der Waals surface area contributed by atoms with Gasteiger partial charge in [0.05, 0.1) is 25.2 Å². The Labute approximate surface area is 593 Å². The minimum atomic E-state index is -2.07. The molecule has 0 saturated heterocycles. The molecule has 33 nitrogen and oxygen atoms in total. The first kappa shape index (κ1) is 83.1. The van der Waals surface area contributed by atoms with Crippen molar-refractivity contribution in [2.45, 2.75) is 166 Å². The fourth-order valence-corrected chi connectivity index (χ4v) is 10.4. The highest BCUT2D eigenvalue weighted by atomic mass is 32.1. The molecule has 0 aliphatic heterocycles. The van der Waals surface area contributed by atoms with Gasteiger partial charge in [-0.25, -0.2) is 9.78 Å². The van der Waals surface area contributed by atoms with E-state index in [1.165, 1.54) is 68.0 Å². The molecule has 1 aromatic heterocycles. The number of hydrogen-bond donors (Lipinski definition) is 20. The lowest BCUT2D eigenvalue weighted by atomic mass is 9.98. The zero-order valence-corrected chi connectivity index (χ0v) is 58.5. The smallest absolute Gasteiger partial charge is 0.327 e. The Balaban J connectivity index is 1.65. The summed E-state index contributed by atoms with van der Waals surface area (Å²) in [7, 11) is 0. The number of phenolic OH excluding ortho intramolecular Hbond substituents is 2. The van der Waals surface area contributed by atoms with E-state index in [0.717, 1.165) is 0 Å². The van der Waals surface area contributed by atoms with Crippen LogP contribution in [0.1, 0.15) is 90.1 Å². The van der Waals surface area contributed by atoms with Crippen molar-refractivity contribution >= 4 is 108 Å². The minimum absolute atomic E-state index is 0.0270. The van der Waals surface area contributed by atoms with Gasteiger partial charge in [0.2, 0.25) is 70.9 Å². The van der Waals surface area contributed by atoms with Gasteiger partial charge in [-0.1, -0.05) is 96.1 Å². The van der Waals surface area contributed by atoms with Gasteiger partial charge in [-0.05, 0) is 72.1 Å². The number of aromatic amines is 1. The van der Waals surface area contributed by atoms with Crippen LogP contribution >= 0.6 is 25.3 Å². The Morgan fingerprint density at radius 3 is 1.22 bits per heavy atom. The number of carbonyl (C=O) groups is 14. The third-order valence-electron chi connectivity index (χ3n) is 15.5. The van der Waals surface area contributed by atoms with Crippen molar-refractivity contribution in [1.82, 2.24) is 68.5 Å². The third-order valence-corrected chi connectivity index (χ3v) is 16.3. The summed E-state index contributed by atoms with van der Waals surface area (Å²) in [4.78, 5) is 199. The number of thiol groups is 2. The summed E-state index contributed by atoms with van der Waals surface area (Å²) in [6, 6.07) is 0.589. The molecule has 0 radical (unpaired) electrons. The Kier molecular flexibility index (Phi) is 33.5. The van der Waals surface area contributed by atoms with Crippen LogP contribution in [-0.4, -0.2) is 197 Å². The second kappa shape index (κ2) is 40.7. The summed E-state index contributed by atoms with van der Waals surface area (Å²) < 4.78 is 0. The highest BCUT2D eigenvalue weighted by Gasteiger charge is 2.38. The topological polar surface area (TPSA) is 533 Å². The number of nitrogens with one attached hydrogen (secondary N) is 12. The van der Waals surface area contributed by atoms with Crippen LogP contribution in [0.5, 0.6) is 11.5 Å². The van der Waals surface area contributed by atoms with E-state index in [4.69, 9.17) is 11.5 Å². The van der Waals surface area contributed by atoms with E-state index in [1.54, 1.807) is 71.9 Å². The highest BCUT2D eigenvalue weighted by molar-refractivity contribution is 7.80. The second-order valence-electron chi connectivity index (χ2n) is 25.1. The minimum Gasteiger partial charge on any atom is -0.508 e. The van der Waals surface area contributed by atoms with Crippen LogP contribution in [0, 0.1) is 17.8 Å². The fraction of sp³-hybridized carbons (Fsp3) is 0.470. The molecule has 35 heteroatoms. The van der Waals surface area contributed by atoms with Gasteiger partial charge in [-0.2, -0.15) is 25.3 Å². The molecule has 12 amide bonds. The number of hydrogen-bond acceptors (Lipinski definition) is 20. The van der Waals surface area contributed by atoms with E-state index in [9.17, 15) is 87.5 Å². The number of imidazole rings is 1. The molecule has 0 aliphatic carbocycles. The number of primary amides is 1. The highest BCUT2D eigenvalue weighted by Crippen LogP contribution is 2.17. The SMILES string of the molecule is CC(C)C[C@H](NC(=O)[C@H](Cc1ccc(O)cc1)NC(=O)[C@H](CC(=O)O)NC(=O)[C@H](Cc1ccc(O)cc1)NC(=O)[C@H](CC(N)=O)NC(=O)[C@H](Cc1cnc[nH]1)NC(=O)[C@H](C)NC(=O)[C@H](Cc1ccccc1)NC(=O)[C@@H](NC(=O)[C@@H](N)CS)C(C)C)C(=O)N[C@H](C(=O)N[C@@H](CS)C(=O)O)C(C)C. The van der Waals surface area contributed by atoms with Crippen LogP contribution in [-0.2, 0) is 92.8 Å². The predicted octanol–water partition coefficient (Wildman–Crippen LogP) is -2.58.